The van der Waals surface area contributed by atoms with E-state index in [4.69, 9.17) is 40.5 Å². The number of hydrogen-bond acceptors (Lipinski definition) is 2. The first-order valence-electron chi connectivity index (χ1n) is 6.11. The lowest BCUT2D eigenvalue weighted by atomic mass is 9.97. The third-order valence-corrected chi connectivity index (χ3v) is 4.26. The third kappa shape index (κ3) is 3.46. The lowest BCUT2D eigenvalue weighted by Gasteiger charge is -2.22. The van der Waals surface area contributed by atoms with E-state index in [1.807, 2.05) is 30.3 Å². The standard InChI is InChI=1S/C15H14Cl3NO/c16-10-6-7-11(17)14(18)13(10)15(19)12(20)8-9-4-2-1-3-5-9/h1-7,12,15,20H,8,19H2/t12-,15-/m0/s1. The fraction of sp³-hybridized carbons (Fsp3) is 0.200. The average molecular weight is 331 g/mol. The van der Waals surface area contributed by atoms with E-state index in [0.717, 1.165) is 5.56 Å². The van der Waals surface area contributed by atoms with Crippen molar-refractivity contribution in [2.75, 3.05) is 0 Å². The van der Waals surface area contributed by atoms with Crippen molar-refractivity contribution in [3.05, 3.63) is 68.7 Å². The molecule has 0 aliphatic carbocycles. The summed E-state index contributed by atoms with van der Waals surface area (Å²) in [6.45, 7) is 0. The number of aliphatic hydroxyl groups excluding tert-OH is 1. The molecule has 0 radical (unpaired) electrons. The summed E-state index contributed by atoms with van der Waals surface area (Å²) >= 11 is 18.2. The maximum absolute atomic E-state index is 10.3. The maximum Gasteiger partial charge on any atom is 0.0774 e. The fourth-order valence-corrected chi connectivity index (χ4v) is 2.81. The topological polar surface area (TPSA) is 46.2 Å². The summed E-state index contributed by atoms with van der Waals surface area (Å²) in [5, 5.41) is 11.3. The minimum Gasteiger partial charge on any atom is -0.391 e. The molecule has 2 atom stereocenters. The van der Waals surface area contributed by atoms with Gasteiger partial charge < -0.3 is 10.8 Å². The Kier molecular flexibility index (Phi) is 5.30. The van der Waals surface area contributed by atoms with Gasteiger partial charge in [0.05, 0.1) is 22.2 Å². The molecule has 0 aliphatic heterocycles. The van der Waals surface area contributed by atoms with E-state index >= 15 is 0 Å². The van der Waals surface area contributed by atoms with Crippen LogP contribution in [0.1, 0.15) is 17.2 Å². The van der Waals surface area contributed by atoms with Crippen molar-refractivity contribution < 1.29 is 5.11 Å². The van der Waals surface area contributed by atoms with Crippen LogP contribution in [0.5, 0.6) is 0 Å². The zero-order valence-corrected chi connectivity index (χ0v) is 12.8. The van der Waals surface area contributed by atoms with Crippen LogP contribution in [0.4, 0.5) is 0 Å². The molecule has 20 heavy (non-hydrogen) atoms. The molecule has 0 saturated carbocycles. The van der Waals surface area contributed by atoms with E-state index in [9.17, 15) is 5.11 Å². The molecular formula is C15H14Cl3NO. The Labute approximate surface area is 133 Å². The quantitative estimate of drug-likeness (QED) is 0.823. The van der Waals surface area contributed by atoms with Crippen LogP contribution in [-0.4, -0.2) is 11.2 Å². The van der Waals surface area contributed by atoms with Gasteiger partial charge in [0.1, 0.15) is 0 Å². The normalized spacial score (nSPS) is 14.1. The van der Waals surface area contributed by atoms with E-state index in [1.54, 1.807) is 12.1 Å². The predicted octanol–water partition coefficient (Wildman–Crippen LogP) is 4.25. The number of nitrogens with two attached hydrogens (primary N) is 1. The van der Waals surface area contributed by atoms with Crippen LogP contribution >= 0.6 is 34.8 Å². The van der Waals surface area contributed by atoms with Crippen molar-refractivity contribution in [3.63, 3.8) is 0 Å². The lowest BCUT2D eigenvalue weighted by molar-refractivity contribution is 0.145. The van der Waals surface area contributed by atoms with Crippen LogP contribution in [0.3, 0.4) is 0 Å². The first-order valence-corrected chi connectivity index (χ1v) is 7.25. The van der Waals surface area contributed by atoms with Crippen LogP contribution in [-0.2, 0) is 6.42 Å². The van der Waals surface area contributed by atoms with E-state index < -0.39 is 12.1 Å². The number of rotatable bonds is 4. The SMILES string of the molecule is N[C@H](c1c(Cl)ccc(Cl)c1Cl)[C@@H](O)Cc1ccccc1. The molecule has 0 aliphatic rings. The highest BCUT2D eigenvalue weighted by molar-refractivity contribution is 6.44. The molecule has 0 fully saturated rings. The third-order valence-electron chi connectivity index (χ3n) is 3.11. The zero-order chi connectivity index (χ0) is 14.7. The molecule has 2 nitrogen and oxygen atoms in total. The summed E-state index contributed by atoms with van der Waals surface area (Å²) < 4.78 is 0. The first kappa shape index (κ1) is 15.6. The molecule has 0 bridgehead atoms. The molecule has 2 aromatic rings. The monoisotopic (exact) mass is 329 g/mol. The number of benzene rings is 2. The smallest absolute Gasteiger partial charge is 0.0774 e. The Morgan fingerprint density at radius 2 is 1.55 bits per heavy atom. The molecule has 3 N–H and O–H groups in total. The van der Waals surface area contributed by atoms with Crippen molar-refractivity contribution in [2.45, 2.75) is 18.6 Å². The summed E-state index contributed by atoms with van der Waals surface area (Å²) in [6, 6.07) is 12.1. The lowest BCUT2D eigenvalue weighted by Crippen LogP contribution is -2.28. The Morgan fingerprint density at radius 1 is 0.950 bits per heavy atom. The van der Waals surface area contributed by atoms with E-state index in [-0.39, 0.29) is 0 Å². The van der Waals surface area contributed by atoms with Crippen molar-refractivity contribution >= 4 is 34.8 Å². The van der Waals surface area contributed by atoms with Crippen LogP contribution in [0.2, 0.25) is 15.1 Å². The van der Waals surface area contributed by atoms with Gasteiger partial charge in [-0.25, -0.2) is 0 Å². The second-order valence-corrected chi connectivity index (χ2v) is 5.73. The van der Waals surface area contributed by atoms with Crippen molar-refractivity contribution in [1.29, 1.82) is 0 Å². The van der Waals surface area contributed by atoms with Crippen molar-refractivity contribution in [2.24, 2.45) is 5.73 Å². The largest absolute Gasteiger partial charge is 0.391 e. The van der Waals surface area contributed by atoms with E-state index in [0.29, 0.717) is 27.1 Å². The van der Waals surface area contributed by atoms with Crippen molar-refractivity contribution in [1.82, 2.24) is 0 Å². The van der Waals surface area contributed by atoms with E-state index in [2.05, 4.69) is 0 Å². The molecule has 0 amide bonds. The highest BCUT2D eigenvalue weighted by Gasteiger charge is 2.23. The molecule has 5 heteroatoms. The van der Waals surface area contributed by atoms with Crippen LogP contribution < -0.4 is 5.73 Å². The number of aliphatic hydroxyl groups is 1. The van der Waals surface area contributed by atoms with Crippen molar-refractivity contribution in [3.8, 4) is 0 Å². The molecule has 0 saturated heterocycles. The zero-order valence-electron chi connectivity index (χ0n) is 10.6. The van der Waals surface area contributed by atoms with Gasteiger partial charge in [0.2, 0.25) is 0 Å². The van der Waals surface area contributed by atoms with Crippen LogP contribution in [0.25, 0.3) is 0 Å². The van der Waals surface area contributed by atoms with Gasteiger partial charge in [0, 0.05) is 17.0 Å². The molecular weight excluding hydrogens is 317 g/mol. The molecule has 0 unspecified atom stereocenters. The Balaban J connectivity index is 2.23. The molecule has 0 heterocycles. The molecule has 2 aromatic carbocycles. The van der Waals surface area contributed by atoms with Gasteiger partial charge in [-0.05, 0) is 17.7 Å². The van der Waals surface area contributed by atoms with Gasteiger partial charge >= 0.3 is 0 Å². The minimum atomic E-state index is -0.800. The average Bonchev–Trinajstić information content (AvgIpc) is 2.44. The van der Waals surface area contributed by atoms with Crippen LogP contribution in [0, 0.1) is 0 Å². The number of halogens is 3. The minimum absolute atomic E-state index is 0.291. The predicted molar refractivity (Wildman–Crippen MR) is 84.6 cm³/mol. The fourth-order valence-electron chi connectivity index (χ4n) is 2.02. The summed E-state index contributed by atoms with van der Waals surface area (Å²) in [5.41, 5.74) is 7.55. The highest BCUT2D eigenvalue weighted by atomic mass is 35.5. The first-order chi connectivity index (χ1) is 9.50. The second-order valence-electron chi connectivity index (χ2n) is 4.54. The molecule has 2 rings (SSSR count). The summed E-state index contributed by atoms with van der Waals surface area (Å²) in [4.78, 5) is 0. The Bertz CT molecular complexity index is 589. The maximum atomic E-state index is 10.3. The van der Waals surface area contributed by atoms with Crippen LogP contribution in [0.15, 0.2) is 42.5 Å². The second kappa shape index (κ2) is 6.79. The molecule has 0 spiro atoms. The summed E-state index contributed by atoms with van der Waals surface area (Å²) in [6.07, 6.45) is -0.382. The Morgan fingerprint density at radius 3 is 2.20 bits per heavy atom. The Hall–Kier alpha value is -0.770. The number of hydrogen-bond donors (Lipinski definition) is 2. The summed E-state index contributed by atoms with van der Waals surface area (Å²) in [7, 11) is 0. The van der Waals surface area contributed by atoms with E-state index in [1.165, 1.54) is 0 Å². The molecule has 106 valence electrons. The van der Waals surface area contributed by atoms with Gasteiger partial charge in [0.15, 0.2) is 0 Å². The summed E-state index contributed by atoms with van der Waals surface area (Å²) in [5.74, 6) is 0. The molecule has 0 aromatic heterocycles. The van der Waals surface area contributed by atoms with Gasteiger partial charge in [-0.2, -0.15) is 0 Å². The van der Waals surface area contributed by atoms with Gasteiger partial charge in [-0.3, -0.25) is 0 Å². The van der Waals surface area contributed by atoms with Gasteiger partial charge in [-0.15, -0.1) is 0 Å². The van der Waals surface area contributed by atoms with Gasteiger partial charge in [0.25, 0.3) is 0 Å². The van der Waals surface area contributed by atoms with Gasteiger partial charge in [-0.1, -0.05) is 65.1 Å². The highest BCUT2D eigenvalue weighted by Crippen LogP contribution is 2.36.